The number of nitrogens with one attached hydrogen (secondary N) is 1. The Labute approximate surface area is 164 Å². The molecule has 0 aliphatic carbocycles. The highest BCUT2D eigenvalue weighted by atomic mass is 19.1. The lowest BCUT2D eigenvalue weighted by molar-refractivity contribution is 0.249. The molecule has 0 saturated carbocycles. The average molecular weight is 393 g/mol. The average Bonchev–Trinajstić information content (AvgIpc) is 3.45. The van der Waals surface area contributed by atoms with Gasteiger partial charge in [-0.1, -0.05) is 0 Å². The first-order valence-corrected chi connectivity index (χ1v) is 9.28. The number of aromatic nitrogens is 4. The summed E-state index contributed by atoms with van der Waals surface area (Å²) in [5, 5.41) is 11.6. The molecular formula is C20H16FN5O3. The Kier molecular flexibility index (Phi) is 3.35. The minimum Gasteiger partial charge on any atom is -0.493 e. The number of halogens is 1. The summed E-state index contributed by atoms with van der Waals surface area (Å²) in [4.78, 5) is 4.18. The highest BCUT2D eigenvalue weighted by Gasteiger charge is 2.32. The zero-order chi connectivity index (χ0) is 19.5. The Morgan fingerprint density at radius 3 is 2.90 bits per heavy atom. The summed E-state index contributed by atoms with van der Waals surface area (Å²) in [6.45, 7) is 2.98. The predicted molar refractivity (Wildman–Crippen MR) is 101 cm³/mol. The van der Waals surface area contributed by atoms with Crippen LogP contribution in [0.2, 0.25) is 0 Å². The molecule has 1 aromatic carbocycles. The number of rotatable bonds is 1. The van der Waals surface area contributed by atoms with Gasteiger partial charge in [0.05, 0.1) is 30.4 Å². The van der Waals surface area contributed by atoms with Crippen LogP contribution in [0.3, 0.4) is 0 Å². The molecule has 6 rings (SSSR count). The van der Waals surface area contributed by atoms with E-state index in [-0.39, 0.29) is 11.7 Å². The molecule has 5 heterocycles. The Bertz CT molecular complexity index is 1260. The lowest BCUT2D eigenvalue weighted by Crippen LogP contribution is -2.13. The van der Waals surface area contributed by atoms with E-state index in [2.05, 4.69) is 20.5 Å². The van der Waals surface area contributed by atoms with Gasteiger partial charge in [0.25, 0.3) is 0 Å². The summed E-state index contributed by atoms with van der Waals surface area (Å²) < 4.78 is 33.9. The molecule has 2 aliphatic heterocycles. The number of pyridine rings is 1. The molecular weight excluding hydrogens is 377 g/mol. The number of hydrogen-bond acceptors (Lipinski definition) is 7. The van der Waals surface area contributed by atoms with E-state index in [0.29, 0.717) is 48.3 Å². The van der Waals surface area contributed by atoms with Crippen molar-refractivity contribution in [3.8, 4) is 22.8 Å². The quantitative estimate of drug-likeness (QED) is 0.531. The van der Waals surface area contributed by atoms with Crippen LogP contribution in [0.15, 0.2) is 35.3 Å². The molecule has 9 heteroatoms. The van der Waals surface area contributed by atoms with E-state index < -0.39 is 0 Å². The van der Waals surface area contributed by atoms with Crippen LogP contribution in [-0.4, -0.2) is 32.8 Å². The van der Waals surface area contributed by atoms with E-state index in [1.165, 1.54) is 12.5 Å². The monoisotopic (exact) mass is 393 g/mol. The molecule has 0 amide bonds. The fourth-order valence-corrected chi connectivity index (χ4v) is 4.11. The highest BCUT2D eigenvalue weighted by Crippen LogP contribution is 2.42. The fraction of sp³-hybridized carbons (Fsp3) is 0.250. The third-order valence-electron chi connectivity index (χ3n) is 5.51. The van der Waals surface area contributed by atoms with Crippen LogP contribution in [0.4, 0.5) is 10.2 Å². The van der Waals surface area contributed by atoms with Crippen molar-refractivity contribution in [3.05, 3.63) is 53.6 Å². The summed E-state index contributed by atoms with van der Waals surface area (Å²) in [6, 6.07) is 4.99. The molecule has 29 heavy (non-hydrogen) atoms. The van der Waals surface area contributed by atoms with E-state index in [1.54, 1.807) is 16.8 Å². The predicted octanol–water partition coefficient (Wildman–Crippen LogP) is 3.31. The van der Waals surface area contributed by atoms with Crippen LogP contribution >= 0.6 is 0 Å². The molecule has 8 nitrogen and oxygen atoms in total. The van der Waals surface area contributed by atoms with Crippen molar-refractivity contribution in [2.24, 2.45) is 0 Å². The van der Waals surface area contributed by atoms with Gasteiger partial charge in [0, 0.05) is 17.7 Å². The summed E-state index contributed by atoms with van der Waals surface area (Å²) in [7, 11) is 0. The Morgan fingerprint density at radius 2 is 2.07 bits per heavy atom. The Balaban J connectivity index is 1.54. The van der Waals surface area contributed by atoms with Crippen molar-refractivity contribution in [2.45, 2.75) is 19.4 Å². The fourth-order valence-electron chi connectivity index (χ4n) is 4.11. The van der Waals surface area contributed by atoms with Gasteiger partial charge in [-0.3, -0.25) is 4.40 Å². The maximum absolute atomic E-state index is 14.6. The first kappa shape index (κ1) is 16.3. The van der Waals surface area contributed by atoms with Gasteiger partial charge in [-0.15, -0.1) is 10.2 Å². The zero-order valence-electron chi connectivity index (χ0n) is 15.5. The van der Waals surface area contributed by atoms with Crippen LogP contribution in [-0.2, 0) is 6.54 Å². The standard InChI is InChI=1S/C20H16FN5O3/c1-10-18(29-9-23-10)12-4-16-20(26-8-24-25-19(12)26)22-5-13-14(21)2-3-15-17(13)11(6-27-15)7-28-16/h2-4,8-9,11,22H,5-7H2,1H3/t11-/m1/s1. The molecule has 0 bridgehead atoms. The molecule has 0 unspecified atom stereocenters. The third kappa shape index (κ3) is 2.33. The highest BCUT2D eigenvalue weighted by molar-refractivity contribution is 5.80. The number of fused-ring (bicyclic) bond motifs is 3. The second-order valence-corrected chi connectivity index (χ2v) is 7.17. The van der Waals surface area contributed by atoms with Gasteiger partial charge >= 0.3 is 0 Å². The minimum atomic E-state index is -0.260. The van der Waals surface area contributed by atoms with Crippen LogP contribution in [0.25, 0.3) is 17.0 Å². The maximum Gasteiger partial charge on any atom is 0.181 e. The molecule has 1 N–H and O–H groups in total. The van der Waals surface area contributed by atoms with Crippen LogP contribution < -0.4 is 14.8 Å². The normalized spacial score (nSPS) is 17.4. The van der Waals surface area contributed by atoms with Gasteiger partial charge in [-0.05, 0) is 25.1 Å². The van der Waals surface area contributed by atoms with E-state index in [0.717, 1.165) is 22.6 Å². The Morgan fingerprint density at radius 1 is 1.21 bits per heavy atom. The number of aryl methyl sites for hydroxylation is 1. The second kappa shape index (κ2) is 5.94. The van der Waals surface area contributed by atoms with Crippen molar-refractivity contribution in [1.29, 1.82) is 0 Å². The molecule has 1 atom stereocenters. The number of hydrogen-bond donors (Lipinski definition) is 1. The number of benzene rings is 1. The molecule has 0 radical (unpaired) electrons. The van der Waals surface area contributed by atoms with Crippen molar-refractivity contribution in [3.63, 3.8) is 0 Å². The van der Waals surface area contributed by atoms with Crippen molar-refractivity contribution in [2.75, 3.05) is 18.5 Å². The van der Waals surface area contributed by atoms with Gasteiger partial charge in [-0.2, -0.15) is 0 Å². The number of ether oxygens (including phenoxy) is 2. The molecule has 0 fully saturated rings. The van der Waals surface area contributed by atoms with Gasteiger partial charge in [0.2, 0.25) is 0 Å². The van der Waals surface area contributed by atoms with Crippen LogP contribution in [0.5, 0.6) is 11.5 Å². The van der Waals surface area contributed by atoms with Crippen LogP contribution in [0.1, 0.15) is 22.7 Å². The van der Waals surface area contributed by atoms with Crippen molar-refractivity contribution < 1.29 is 18.3 Å². The first-order valence-electron chi connectivity index (χ1n) is 9.28. The number of oxazole rings is 1. The molecule has 4 aromatic rings. The van der Waals surface area contributed by atoms with E-state index in [1.807, 2.05) is 13.0 Å². The summed E-state index contributed by atoms with van der Waals surface area (Å²) in [6.07, 6.45) is 2.99. The third-order valence-corrected chi connectivity index (χ3v) is 5.51. The summed E-state index contributed by atoms with van der Waals surface area (Å²) >= 11 is 0. The minimum absolute atomic E-state index is 0.0458. The molecule has 146 valence electrons. The van der Waals surface area contributed by atoms with Crippen LogP contribution in [0, 0.1) is 12.7 Å². The SMILES string of the molecule is Cc1ncoc1-c1cc2c(n3cnnc13)NCc1c(F)ccc3c1[C@H](CO3)CO2. The largest absolute Gasteiger partial charge is 0.493 e. The van der Waals surface area contributed by atoms with Gasteiger partial charge in [0.15, 0.2) is 29.4 Å². The summed E-state index contributed by atoms with van der Waals surface area (Å²) in [5.74, 6) is 2.28. The lowest BCUT2D eigenvalue weighted by Gasteiger charge is -2.16. The molecule has 0 saturated heterocycles. The lowest BCUT2D eigenvalue weighted by atomic mass is 9.96. The van der Waals surface area contributed by atoms with Gasteiger partial charge in [-0.25, -0.2) is 9.37 Å². The van der Waals surface area contributed by atoms with Gasteiger partial charge < -0.3 is 19.2 Å². The second-order valence-electron chi connectivity index (χ2n) is 7.17. The number of anilines is 1. The van der Waals surface area contributed by atoms with E-state index in [9.17, 15) is 4.39 Å². The first-order chi connectivity index (χ1) is 14.2. The van der Waals surface area contributed by atoms with Crippen molar-refractivity contribution >= 4 is 11.5 Å². The summed E-state index contributed by atoms with van der Waals surface area (Å²) in [5.41, 5.74) is 3.54. The number of nitrogens with zero attached hydrogens (tertiary/aromatic N) is 4. The molecule has 3 aromatic heterocycles. The van der Waals surface area contributed by atoms with E-state index in [4.69, 9.17) is 13.9 Å². The van der Waals surface area contributed by atoms with Crippen molar-refractivity contribution in [1.82, 2.24) is 19.6 Å². The van der Waals surface area contributed by atoms with E-state index >= 15 is 0 Å². The Hall–Kier alpha value is -3.62. The smallest absolute Gasteiger partial charge is 0.181 e. The zero-order valence-corrected chi connectivity index (χ0v) is 15.5. The van der Waals surface area contributed by atoms with Gasteiger partial charge in [0.1, 0.15) is 17.9 Å². The molecule has 0 spiro atoms. The maximum atomic E-state index is 14.6. The molecule has 2 aliphatic rings. The topological polar surface area (TPSA) is 86.7 Å².